The predicted molar refractivity (Wildman–Crippen MR) is 98.6 cm³/mol. The minimum atomic E-state index is -0.345. The number of ether oxygens (including phenoxy) is 2. The second kappa shape index (κ2) is 8.23. The number of methoxy groups -OCH3 is 2. The standard InChI is InChI=1S/C19H25N3O4/c1-25-16-8-15(9-17(10-16)26-2)22-12-14(7-18(22)23)19(24)21-11-13-3-5-20-6-4-13/h3,8-10,14,20H,4-7,11-12H2,1-2H3,(H,21,24). The number of benzene rings is 1. The number of carbonyl (C=O) groups excluding carboxylic acids is 2. The van der Waals surface area contributed by atoms with Crippen molar-refractivity contribution >= 4 is 17.5 Å². The molecule has 1 aromatic rings. The highest BCUT2D eigenvalue weighted by Crippen LogP contribution is 2.32. The molecule has 0 spiro atoms. The van der Waals surface area contributed by atoms with Crippen LogP contribution in [0.5, 0.6) is 11.5 Å². The minimum absolute atomic E-state index is 0.0680. The number of amides is 2. The van der Waals surface area contributed by atoms with E-state index in [1.807, 2.05) is 0 Å². The van der Waals surface area contributed by atoms with Gasteiger partial charge in [-0.05, 0) is 13.0 Å². The van der Waals surface area contributed by atoms with E-state index in [1.54, 1.807) is 37.3 Å². The zero-order valence-corrected chi connectivity index (χ0v) is 15.2. The monoisotopic (exact) mass is 359 g/mol. The number of carbonyl (C=O) groups is 2. The van der Waals surface area contributed by atoms with E-state index in [0.717, 1.165) is 19.5 Å². The fourth-order valence-corrected chi connectivity index (χ4v) is 3.26. The molecule has 2 heterocycles. The van der Waals surface area contributed by atoms with Crippen molar-refractivity contribution < 1.29 is 19.1 Å². The molecule has 1 unspecified atom stereocenters. The Kier molecular flexibility index (Phi) is 5.78. The van der Waals surface area contributed by atoms with E-state index < -0.39 is 0 Å². The average Bonchev–Trinajstić information content (AvgIpc) is 3.08. The molecule has 1 fully saturated rings. The molecule has 7 heteroatoms. The molecule has 26 heavy (non-hydrogen) atoms. The first-order valence-corrected chi connectivity index (χ1v) is 8.80. The van der Waals surface area contributed by atoms with Crippen LogP contribution in [0.15, 0.2) is 29.8 Å². The van der Waals surface area contributed by atoms with Crippen molar-refractivity contribution in [1.29, 1.82) is 0 Å². The molecule has 0 saturated carbocycles. The largest absolute Gasteiger partial charge is 0.497 e. The van der Waals surface area contributed by atoms with Gasteiger partial charge in [0.2, 0.25) is 11.8 Å². The van der Waals surface area contributed by atoms with Crippen molar-refractivity contribution in [2.75, 3.05) is 45.3 Å². The Hall–Kier alpha value is -2.54. The summed E-state index contributed by atoms with van der Waals surface area (Å²) < 4.78 is 10.5. The van der Waals surface area contributed by atoms with E-state index in [2.05, 4.69) is 16.7 Å². The van der Waals surface area contributed by atoms with Gasteiger partial charge in [0.1, 0.15) is 11.5 Å². The number of hydrogen-bond donors (Lipinski definition) is 2. The predicted octanol–water partition coefficient (Wildman–Crippen LogP) is 1.09. The van der Waals surface area contributed by atoms with Gasteiger partial charge in [0.25, 0.3) is 0 Å². The van der Waals surface area contributed by atoms with E-state index in [1.165, 1.54) is 5.57 Å². The van der Waals surface area contributed by atoms with Gasteiger partial charge in [-0.2, -0.15) is 0 Å². The molecule has 2 amide bonds. The number of rotatable bonds is 6. The zero-order chi connectivity index (χ0) is 18.5. The molecular formula is C19H25N3O4. The van der Waals surface area contributed by atoms with Crippen molar-refractivity contribution in [2.24, 2.45) is 5.92 Å². The summed E-state index contributed by atoms with van der Waals surface area (Å²) in [7, 11) is 3.13. The van der Waals surface area contributed by atoms with Crippen LogP contribution in [0.2, 0.25) is 0 Å². The lowest BCUT2D eigenvalue weighted by molar-refractivity contribution is -0.126. The fourth-order valence-electron chi connectivity index (χ4n) is 3.26. The molecule has 1 atom stereocenters. The van der Waals surface area contributed by atoms with Crippen molar-refractivity contribution in [3.63, 3.8) is 0 Å². The zero-order valence-electron chi connectivity index (χ0n) is 15.2. The van der Waals surface area contributed by atoms with Gasteiger partial charge in [0.15, 0.2) is 0 Å². The molecule has 0 radical (unpaired) electrons. The smallest absolute Gasteiger partial charge is 0.227 e. The summed E-state index contributed by atoms with van der Waals surface area (Å²) in [6, 6.07) is 5.31. The van der Waals surface area contributed by atoms with Gasteiger partial charge in [-0.3, -0.25) is 9.59 Å². The van der Waals surface area contributed by atoms with Gasteiger partial charge in [0, 0.05) is 44.3 Å². The second-order valence-electron chi connectivity index (χ2n) is 6.51. The summed E-state index contributed by atoms with van der Waals surface area (Å²) in [6.07, 6.45) is 3.27. The summed E-state index contributed by atoms with van der Waals surface area (Å²) in [5.74, 6) is 0.731. The molecule has 1 aromatic carbocycles. The highest BCUT2D eigenvalue weighted by atomic mass is 16.5. The lowest BCUT2D eigenvalue weighted by Crippen LogP contribution is -2.35. The van der Waals surface area contributed by atoms with E-state index in [-0.39, 0.29) is 24.2 Å². The Labute approximate surface area is 153 Å². The number of nitrogens with zero attached hydrogens (tertiary/aromatic N) is 1. The van der Waals surface area contributed by atoms with E-state index >= 15 is 0 Å². The van der Waals surface area contributed by atoms with Crippen LogP contribution in [0.4, 0.5) is 5.69 Å². The first-order chi connectivity index (χ1) is 12.6. The second-order valence-corrected chi connectivity index (χ2v) is 6.51. The molecule has 140 valence electrons. The van der Waals surface area contributed by atoms with Crippen LogP contribution in [0.25, 0.3) is 0 Å². The summed E-state index contributed by atoms with van der Waals surface area (Å²) in [5.41, 5.74) is 1.92. The van der Waals surface area contributed by atoms with E-state index in [0.29, 0.717) is 30.3 Å². The van der Waals surface area contributed by atoms with Gasteiger partial charge < -0.3 is 25.0 Å². The van der Waals surface area contributed by atoms with E-state index in [9.17, 15) is 9.59 Å². The Morgan fingerprint density at radius 1 is 1.27 bits per heavy atom. The van der Waals surface area contributed by atoms with Gasteiger partial charge in [0.05, 0.1) is 25.8 Å². The number of hydrogen-bond acceptors (Lipinski definition) is 5. The average molecular weight is 359 g/mol. The van der Waals surface area contributed by atoms with Crippen LogP contribution in [0.1, 0.15) is 12.8 Å². The van der Waals surface area contributed by atoms with Crippen LogP contribution in [0.3, 0.4) is 0 Å². The third-order valence-corrected chi connectivity index (χ3v) is 4.79. The van der Waals surface area contributed by atoms with Crippen LogP contribution in [-0.2, 0) is 9.59 Å². The van der Waals surface area contributed by atoms with Crippen molar-refractivity contribution in [2.45, 2.75) is 12.8 Å². The molecule has 3 rings (SSSR count). The Bertz CT molecular complexity index is 694. The van der Waals surface area contributed by atoms with Crippen LogP contribution in [0, 0.1) is 5.92 Å². The van der Waals surface area contributed by atoms with Crippen LogP contribution in [-0.4, -0.2) is 52.2 Å². The molecule has 2 N–H and O–H groups in total. The molecule has 1 saturated heterocycles. The molecule has 7 nitrogen and oxygen atoms in total. The first kappa shape index (κ1) is 18.3. The summed E-state index contributed by atoms with van der Waals surface area (Å²) in [5, 5.41) is 6.21. The molecular weight excluding hydrogens is 334 g/mol. The van der Waals surface area contributed by atoms with Crippen molar-refractivity contribution in [1.82, 2.24) is 10.6 Å². The van der Waals surface area contributed by atoms with Gasteiger partial charge >= 0.3 is 0 Å². The Morgan fingerprint density at radius 3 is 2.62 bits per heavy atom. The lowest BCUT2D eigenvalue weighted by atomic mass is 10.1. The first-order valence-electron chi connectivity index (χ1n) is 8.80. The number of anilines is 1. The third kappa shape index (κ3) is 4.16. The normalized spacial score (nSPS) is 19.9. The molecule has 2 aliphatic rings. The van der Waals surface area contributed by atoms with Crippen LogP contribution < -0.4 is 25.0 Å². The maximum atomic E-state index is 12.5. The Morgan fingerprint density at radius 2 is 2.00 bits per heavy atom. The maximum absolute atomic E-state index is 12.5. The summed E-state index contributed by atoms with van der Waals surface area (Å²) in [6.45, 7) is 2.70. The van der Waals surface area contributed by atoms with Gasteiger partial charge in [-0.1, -0.05) is 11.6 Å². The SMILES string of the molecule is COc1cc(OC)cc(N2CC(C(=O)NCC3=CCNCC3)CC2=O)c1. The minimum Gasteiger partial charge on any atom is -0.497 e. The summed E-state index contributed by atoms with van der Waals surface area (Å²) in [4.78, 5) is 26.5. The highest BCUT2D eigenvalue weighted by molar-refractivity contribution is 6.00. The molecule has 0 bridgehead atoms. The Balaban J connectivity index is 1.64. The van der Waals surface area contributed by atoms with E-state index in [4.69, 9.17) is 9.47 Å². The summed E-state index contributed by atoms with van der Waals surface area (Å²) >= 11 is 0. The molecule has 0 aromatic heterocycles. The maximum Gasteiger partial charge on any atom is 0.227 e. The molecule has 2 aliphatic heterocycles. The quantitative estimate of drug-likeness (QED) is 0.744. The van der Waals surface area contributed by atoms with Crippen molar-refractivity contribution in [3.05, 3.63) is 29.8 Å². The topological polar surface area (TPSA) is 79.9 Å². The van der Waals surface area contributed by atoms with Gasteiger partial charge in [-0.25, -0.2) is 0 Å². The van der Waals surface area contributed by atoms with Crippen LogP contribution >= 0.6 is 0 Å². The van der Waals surface area contributed by atoms with Crippen molar-refractivity contribution in [3.8, 4) is 11.5 Å². The third-order valence-electron chi connectivity index (χ3n) is 4.79. The highest BCUT2D eigenvalue weighted by Gasteiger charge is 2.35. The number of nitrogens with one attached hydrogen (secondary N) is 2. The fraction of sp³-hybridized carbons (Fsp3) is 0.474. The lowest BCUT2D eigenvalue weighted by Gasteiger charge is -2.19. The molecule has 0 aliphatic carbocycles. The van der Waals surface area contributed by atoms with Gasteiger partial charge in [-0.15, -0.1) is 0 Å².